The van der Waals surface area contributed by atoms with Gasteiger partial charge in [0, 0.05) is 24.7 Å². The van der Waals surface area contributed by atoms with Gasteiger partial charge in [0.05, 0.1) is 0 Å². The number of nitrogens with zero attached hydrogens (tertiary/aromatic N) is 1. The number of hydrogen-bond acceptors (Lipinski definition) is 2. The van der Waals surface area contributed by atoms with E-state index in [0.29, 0.717) is 6.04 Å². The molecule has 1 aliphatic heterocycles. The van der Waals surface area contributed by atoms with Gasteiger partial charge in [0.2, 0.25) is 0 Å². The second-order valence-corrected chi connectivity index (χ2v) is 5.90. The fraction of sp³-hybridized carbons (Fsp3) is 0.929. The standard InChI is InChI=1S/C14H27N3O/c1-11(15)13-9-5-6-10-17(13)14(18)16-12-7-3-2-4-8-12/h11-13H,2-10,15H2,1H3,(H,16,18). The predicted molar refractivity (Wildman–Crippen MR) is 73.4 cm³/mol. The SMILES string of the molecule is CC(N)C1CCCCN1C(=O)NC1CCCCC1. The molecule has 4 nitrogen and oxygen atoms in total. The van der Waals surface area contributed by atoms with Crippen molar-refractivity contribution in [1.82, 2.24) is 10.2 Å². The van der Waals surface area contributed by atoms with E-state index in [1.54, 1.807) is 0 Å². The highest BCUT2D eigenvalue weighted by Crippen LogP contribution is 2.21. The van der Waals surface area contributed by atoms with E-state index in [9.17, 15) is 4.79 Å². The molecule has 0 radical (unpaired) electrons. The Kier molecular flexibility index (Phi) is 4.87. The highest BCUT2D eigenvalue weighted by atomic mass is 16.2. The minimum Gasteiger partial charge on any atom is -0.335 e. The van der Waals surface area contributed by atoms with Gasteiger partial charge < -0.3 is 16.0 Å². The zero-order valence-electron chi connectivity index (χ0n) is 11.5. The Bertz CT molecular complexity index is 274. The Hall–Kier alpha value is -0.770. The van der Waals surface area contributed by atoms with Gasteiger partial charge in [-0.3, -0.25) is 0 Å². The molecule has 2 unspecified atom stereocenters. The van der Waals surface area contributed by atoms with Gasteiger partial charge in [0.15, 0.2) is 0 Å². The first-order valence-electron chi connectivity index (χ1n) is 7.51. The molecule has 18 heavy (non-hydrogen) atoms. The van der Waals surface area contributed by atoms with Crippen molar-refractivity contribution in [2.24, 2.45) is 5.73 Å². The molecule has 2 aliphatic rings. The number of likely N-dealkylation sites (tertiary alicyclic amines) is 1. The summed E-state index contributed by atoms with van der Waals surface area (Å²) in [6, 6.07) is 0.801. The van der Waals surface area contributed by atoms with E-state index in [4.69, 9.17) is 5.73 Å². The summed E-state index contributed by atoms with van der Waals surface area (Å²) in [5.41, 5.74) is 6.01. The zero-order chi connectivity index (χ0) is 13.0. The van der Waals surface area contributed by atoms with Crippen molar-refractivity contribution in [2.75, 3.05) is 6.54 Å². The van der Waals surface area contributed by atoms with Crippen LogP contribution in [-0.2, 0) is 0 Å². The first kappa shape index (κ1) is 13.7. The Morgan fingerprint density at radius 3 is 2.50 bits per heavy atom. The number of nitrogens with two attached hydrogens (primary N) is 1. The maximum absolute atomic E-state index is 12.3. The number of carbonyl (C=O) groups excluding carboxylic acids is 1. The molecule has 0 aromatic rings. The molecular formula is C14H27N3O. The van der Waals surface area contributed by atoms with Crippen LogP contribution in [0.25, 0.3) is 0 Å². The van der Waals surface area contributed by atoms with Crippen LogP contribution in [0.2, 0.25) is 0 Å². The average Bonchev–Trinajstić information content (AvgIpc) is 2.40. The van der Waals surface area contributed by atoms with E-state index in [-0.39, 0.29) is 18.1 Å². The average molecular weight is 253 g/mol. The number of hydrogen-bond donors (Lipinski definition) is 2. The van der Waals surface area contributed by atoms with Gasteiger partial charge >= 0.3 is 6.03 Å². The summed E-state index contributed by atoms with van der Waals surface area (Å²) in [4.78, 5) is 14.3. The van der Waals surface area contributed by atoms with E-state index in [2.05, 4.69) is 5.32 Å². The number of amides is 2. The normalized spacial score (nSPS) is 27.9. The van der Waals surface area contributed by atoms with Crippen LogP contribution in [-0.4, -0.2) is 35.6 Å². The number of piperidine rings is 1. The van der Waals surface area contributed by atoms with Crippen LogP contribution in [0.3, 0.4) is 0 Å². The lowest BCUT2D eigenvalue weighted by molar-refractivity contribution is 0.135. The third kappa shape index (κ3) is 3.37. The molecule has 2 rings (SSSR count). The molecule has 1 heterocycles. The molecule has 3 N–H and O–H groups in total. The van der Waals surface area contributed by atoms with Crippen LogP contribution in [0.1, 0.15) is 58.3 Å². The lowest BCUT2D eigenvalue weighted by Gasteiger charge is -2.39. The monoisotopic (exact) mass is 253 g/mol. The molecule has 0 spiro atoms. The third-order valence-electron chi connectivity index (χ3n) is 4.35. The Balaban J connectivity index is 1.89. The predicted octanol–water partition coefficient (Wildman–Crippen LogP) is 2.23. The Morgan fingerprint density at radius 1 is 1.17 bits per heavy atom. The van der Waals surface area contributed by atoms with E-state index >= 15 is 0 Å². The molecule has 0 bridgehead atoms. The van der Waals surface area contributed by atoms with E-state index in [1.165, 1.54) is 25.7 Å². The van der Waals surface area contributed by atoms with Crippen LogP contribution in [0.15, 0.2) is 0 Å². The maximum atomic E-state index is 12.3. The van der Waals surface area contributed by atoms with Crippen molar-refractivity contribution in [1.29, 1.82) is 0 Å². The van der Waals surface area contributed by atoms with Crippen LogP contribution >= 0.6 is 0 Å². The summed E-state index contributed by atoms with van der Waals surface area (Å²) in [5.74, 6) is 0. The number of nitrogens with one attached hydrogen (secondary N) is 1. The summed E-state index contributed by atoms with van der Waals surface area (Å²) in [6.45, 7) is 2.88. The van der Waals surface area contributed by atoms with Gasteiger partial charge in [-0.2, -0.15) is 0 Å². The van der Waals surface area contributed by atoms with Crippen LogP contribution < -0.4 is 11.1 Å². The summed E-state index contributed by atoms with van der Waals surface area (Å²) < 4.78 is 0. The Morgan fingerprint density at radius 2 is 1.83 bits per heavy atom. The molecule has 2 amide bonds. The fourth-order valence-corrected chi connectivity index (χ4v) is 3.26. The molecular weight excluding hydrogens is 226 g/mol. The minimum atomic E-state index is 0.0717. The zero-order valence-corrected chi connectivity index (χ0v) is 11.5. The molecule has 1 saturated carbocycles. The quantitative estimate of drug-likeness (QED) is 0.793. The Labute approximate surface area is 110 Å². The van der Waals surface area contributed by atoms with Crippen LogP contribution in [0, 0.1) is 0 Å². The maximum Gasteiger partial charge on any atom is 0.317 e. The second kappa shape index (κ2) is 6.41. The summed E-state index contributed by atoms with van der Waals surface area (Å²) in [7, 11) is 0. The summed E-state index contributed by atoms with van der Waals surface area (Å²) in [6.07, 6.45) is 9.46. The lowest BCUT2D eigenvalue weighted by atomic mass is 9.95. The van der Waals surface area contributed by atoms with Crippen molar-refractivity contribution in [3.8, 4) is 0 Å². The molecule has 4 heteroatoms. The van der Waals surface area contributed by atoms with Gasteiger partial charge in [0.1, 0.15) is 0 Å². The molecule has 0 aromatic heterocycles. The number of urea groups is 1. The van der Waals surface area contributed by atoms with Crippen molar-refractivity contribution < 1.29 is 4.79 Å². The van der Waals surface area contributed by atoms with Gasteiger partial charge in [-0.15, -0.1) is 0 Å². The van der Waals surface area contributed by atoms with E-state index in [1.807, 2.05) is 11.8 Å². The molecule has 2 fully saturated rings. The minimum absolute atomic E-state index is 0.0717. The van der Waals surface area contributed by atoms with Gasteiger partial charge in [0.25, 0.3) is 0 Å². The molecule has 2 atom stereocenters. The molecule has 104 valence electrons. The summed E-state index contributed by atoms with van der Waals surface area (Å²) >= 11 is 0. The highest BCUT2D eigenvalue weighted by molar-refractivity contribution is 5.75. The largest absolute Gasteiger partial charge is 0.335 e. The van der Waals surface area contributed by atoms with Crippen LogP contribution in [0.5, 0.6) is 0 Å². The van der Waals surface area contributed by atoms with E-state index < -0.39 is 0 Å². The number of rotatable bonds is 2. The van der Waals surface area contributed by atoms with Crippen LogP contribution in [0.4, 0.5) is 4.79 Å². The highest BCUT2D eigenvalue weighted by Gasteiger charge is 2.30. The lowest BCUT2D eigenvalue weighted by Crippen LogP contribution is -2.56. The van der Waals surface area contributed by atoms with Crippen molar-refractivity contribution in [2.45, 2.75) is 76.4 Å². The van der Waals surface area contributed by atoms with Crippen molar-refractivity contribution in [3.05, 3.63) is 0 Å². The smallest absolute Gasteiger partial charge is 0.317 e. The molecule has 0 aromatic carbocycles. The molecule has 1 aliphatic carbocycles. The van der Waals surface area contributed by atoms with Crippen molar-refractivity contribution >= 4 is 6.03 Å². The van der Waals surface area contributed by atoms with Gasteiger partial charge in [-0.1, -0.05) is 19.3 Å². The van der Waals surface area contributed by atoms with Crippen molar-refractivity contribution in [3.63, 3.8) is 0 Å². The van der Waals surface area contributed by atoms with E-state index in [0.717, 1.165) is 32.2 Å². The first-order chi connectivity index (χ1) is 8.68. The third-order valence-corrected chi connectivity index (χ3v) is 4.35. The first-order valence-corrected chi connectivity index (χ1v) is 7.51. The van der Waals surface area contributed by atoms with Gasteiger partial charge in [-0.25, -0.2) is 4.79 Å². The summed E-state index contributed by atoms with van der Waals surface area (Å²) in [5, 5.41) is 3.20. The fourth-order valence-electron chi connectivity index (χ4n) is 3.26. The molecule has 1 saturated heterocycles. The number of carbonyl (C=O) groups is 1. The second-order valence-electron chi connectivity index (χ2n) is 5.90. The topological polar surface area (TPSA) is 58.4 Å². The van der Waals surface area contributed by atoms with Gasteiger partial charge in [-0.05, 0) is 39.0 Å².